The predicted molar refractivity (Wildman–Crippen MR) is 114 cm³/mol. The first-order chi connectivity index (χ1) is 14.6. The monoisotopic (exact) mass is 405 g/mol. The molecular weight excluding hydrogens is 378 g/mol. The van der Waals surface area contributed by atoms with Gasteiger partial charge in [0.1, 0.15) is 23.9 Å². The van der Waals surface area contributed by atoms with Gasteiger partial charge in [-0.25, -0.2) is 4.98 Å². The number of Topliss-reactive ketones (excluding diaryl/α,β-unsaturated/α-hetero) is 1. The second-order valence-electron chi connectivity index (χ2n) is 7.85. The van der Waals surface area contributed by atoms with E-state index in [0.29, 0.717) is 12.2 Å². The van der Waals surface area contributed by atoms with Gasteiger partial charge in [0.15, 0.2) is 5.78 Å². The molecule has 0 radical (unpaired) electrons. The Kier molecular flexibility index (Phi) is 6.14. The van der Waals surface area contributed by atoms with Crippen LogP contribution in [0.5, 0.6) is 11.5 Å². The molecule has 2 aromatic carbocycles. The molecule has 1 saturated heterocycles. The number of hydrogen-bond donors (Lipinski definition) is 1. The quantitative estimate of drug-likeness (QED) is 0.606. The van der Waals surface area contributed by atoms with Crippen LogP contribution in [0, 0.1) is 5.92 Å². The van der Waals surface area contributed by atoms with Crippen LogP contribution in [0.15, 0.2) is 60.9 Å². The molecule has 6 heteroatoms. The molecule has 0 spiro atoms. The lowest BCUT2D eigenvalue weighted by atomic mass is 9.88. The van der Waals surface area contributed by atoms with Gasteiger partial charge in [-0.15, -0.1) is 0 Å². The van der Waals surface area contributed by atoms with Gasteiger partial charge in [-0.1, -0.05) is 12.1 Å². The summed E-state index contributed by atoms with van der Waals surface area (Å²) < 4.78 is 7.76. The highest BCUT2D eigenvalue weighted by molar-refractivity contribution is 5.98. The van der Waals surface area contributed by atoms with Crippen molar-refractivity contribution in [2.24, 2.45) is 13.0 Å². The molecule has 30 heavy (non-hydrogen) atoms. The van der Waals surface area contributed by atoms with Gasteiger partial charge in [-0.05, 0) is 67.9 Å². The summed E-state index contributed by atoms with van der Waals surface area (Å²) in [5.41, 5.74) is 1.93. The molecule has 4 rings (SSSR count). The standard InChI is InChI=1S/C24H27N3O3/c1-26-15-12-25-23(26)17-30-22-8-2-18(3-9-22)16-27-13-10-20(11-14-27)24(29)19-4-6-21(28)7-5-19/h2-9,12,15,20,28H,10-11,13-14,16-17H2,1H3. The lowest BCUT2D eigenvalue weighted by Crippen LogP contribution is -2.35. The number of nitrogens with zero attached hydrogens (tertiary/aromatic N) is 3. The maximum atomic E-state index is 12.7. The first kappa shape index (κ1) is 20.2. The van der Waals surface area contributed by atoms with E-state index in [9.17, 15) is 9.90 Å². The van der Waals surface area contributed by atoms with Crippen LogP contribution in [0.4, 0.5) is 0 Å². The van der Waals surface area contributed by atoms with E-state index in [0.717, 1.165) is 44.0 Å². The molecule has 3 aromatic rings. The summed E-state index contributed by atoms with van der Waals surface area (Å²) in [6, 6.07) is 14.8. The summed E-state index contributed by atoms with van der Waals surface area (Å²) in [5, 5.41) is 9.40. The van der Waals surface area contributed by atoms with Crippen molar-refractivity contribution in [3.8, 4) is 11.5 Å². The number of ether oxygens (including phenoxy) is 1. The van der Waals surface area contributed by atoms with Crippen molar-refractivity contribution in [1.82, 2.24) is 14.5 Å². The Morgan fingerprint density at radius 2 is 1.80 bits per heavy atom. The summed E-state index contributed by atoms with van der Waals surface area (Å²) in [6.45, 7) is 3.14. The van der Waals surface area contributed by atoms with Crippen molar-refractivity contribution in [3.63, 3.8) is 0 Å². The van der Waals surface area contributed by atoms with Crippen LogP contribution in [-0.2, 0) is 20.2 Å². The number of likely N-dealkylation sites (tertiary alicyclic amines) is 1. The van der Waals surface area contributed by atoms with Crippen LogP contribution in [-0.4, -0.2) is 38.4 Å². The Balaban J connectivity index is 1.25. The summed E-state index contributed by atoms with van der Waals surface area (Å²) in [7, 11) is 1.95. The lowest BCUT2D eigenvalue weighted by molar-refractivity contribution is 0.0835. The number of benzene rings is 2. The highest BCUT2D eigenvalue weighted by Gasteiger charge is 2.25. The van der Waals surface area contributed by atoms with Crippen molar-refractivity contribution < 1.29 is 14.6 Å². The average molecular weight is 405 g/mol. The lowest BCUT2D eigenvalue weighted by Gasteiger charge is -2.31. The van der Waals surface area contributed by atoms with Crippen LogP contribution in [0.2, 0.25) is 0 Å². The molecular formula is C24H27N3O3. The molecule has 0 unspecified atom stereocenters. The van der Waals surface area contributed by atoms with Crippen LogP contribution in [0.1, 0.15) is 34.6 Å². The molecule has 1 aliphatic heterocycles. The first-order valence-corrected chi connectivity index (χ1v) is 10.3. The summed E-state index contributed by atoms with van der Waals surface area (Å²) in [6.07, 6.45) is 5.40. The van der Waals surface area contributed by atoms with E-state index >= 15 is 0 Å². The van der Waals surface area contributed by atoms with Gasteiger partial charge in [0.05, 0.1) is 0 Å². The van der Waals surface area contributed by atoms with Gasteiger partial charge in [0.2, 0.25) is 0 Å². The Labute approximate surface area is 176 Å². The fourth-order valence-electron chi connectivity index (χ4n) is 3.85. The van der Waals surface area contributed by atoms with E-state index in [4.69, 9.17) is 4.74 Å². The van der Waals surface area contributed by atoms with Crippen molar-refractivity contribution in [1.29, 1.82) is 0 Å². The van der Waals surface area contributed by atoms with Crippen LogP contribution < -0.4 is 4.74 Å². The Morgan fingerprint density at radius 3 is 2.43 bits per heavy atom. The van der Waals surface area contributed by atoms with E-state index in [-0.39, 0.29) is 17.5 Å². The Hall–Kier alpha value is -3.12. The molecule has 1 aliphatic rings. The van der Waals surface area contributed by atoms with Crippen molar-refractivity contribution in [2.75, 3.05) is 13.1 Å². The maximum absolute atomic E-state index is 12.7. The van der Waals surface area contributed by atoms with Gasteiger partial charge in [-0.3, -0.25) is 9.69 Å². The number of aryl methyl sites for hydroxylation is 1. The molecule has 1 N–H and O–H groups in total. The molecule has 6 nitrogen and oxygen atoms in total. The topological polar surface area (TPSA) is 67.6 Å². The zero-order chi connectivity index (χ0) is 20.9. The minimum absolute atomic E-state index is 0.0627. The number of aromatic nitrogens is 2. The van der Waals surface area contributed by atoms with E-state index in [1.807, 2.05) is 29.9 Å². The smallest absolute Gasteiger partial charge is 0.166 e. The molecule has 156 valence electrons. The molecule has 0 amide bonds. The fourth-order valence-corrected chi connectivity index (χ4v) is 3.85. The highest BCUT2D eigenvalue weighted by Crippen LogP contribution is 2.24. The van der Waals surface area contributed by atoms with Gasteiger partial charge >= 0.3 is 0 Å². The minimum Gasteiger partial charge on any atom is -0.508 e. The number of ketones is 1. The van der Waals surface area contributed by atoms with Crippen molar-refractivity contribution in [3.05, 3.63) is 77.9 Å². The largest absolute Gasteiger partial charge is 0.508 e. The number of carbonyl (C=O) groups is 1. The van der Waals surface area contributed by atoms with Crippen LogP contribution in [0.25, 0.3) is 0 Å². The molecule has 2 heterocycles. The Morgan fingerprint density at radius 1 is 1.10 bits per heavy atom. The Bertz CT molecular complexity index is 972. The molecule has 0 aliphatic carbocycles. The highest BCUT2D eigenvalue weighted by atomic mass is 16.5. The van der Waals surface area contributed by atoms with E-state index in [1.165, 1.54) is 5.56 Å². The van der Waals surface area contributed by atoms with Gasteiger partial charge < -0.3 is 14.4 Å². The molecule has 0 bridgehead atoms. The number of phenolic OH excluding ortho intramolecular Hbond substituents is 1. The minimum atomic E-state index is 0.0627. The number of phenols is 1. The number of piperidine rings is 1. The van der Waals surface area contributed by atoms with Crippen LogP contribution in [0.3, 0.4) is 0 Å². The van der Waals surface area contributed by atoms with Gasteiger partial charge in [0, 0.05) is 37.5 Å². The third-order valence-corrected chi connectivity index (χ3v) is 5.73. The number of imidazole rings is 1. The van der Waals surface area contributed by atoms with E-state index < -0.39 is 0 Å². The second-order valence-corrected chi connectivity index (χ2v) is 7.85. The van der Waals surface area contributed by atoms with Crippen molar-refractivity contribution in [2.45, 2.75) is 26.0 Å². The van der Waals surface area contributed by atoms with Crippen LogP contribution >= 0.6 is 0 Å². The first-order valence-electron chi connectivity index (χ1n) is 10.3. The zero-order valence-corrected chi connectivity index (χ0v) is 17.2. The van der Waals surface area contributed by atoms with Crippen molar-refractivity contribution >= 4 is 5.78 Å². The van der Waals surface area contributed by atoms with Gasteiger partial charge in [-0.2, -0.15) is 0 Å². The SMILES string of the molecule is Cn1ccnc1COc1ccc(CN2CCC(C(=O)c3ccc(O)cc3)CC2)cc1. The van der Waals surface area contributed by atoms with E-state index in [2.05, 4.69) is 22.0 Å². The zero-order valence-electron chi connectivity index (χ0n) is 17.2. The third-order valence-electron chi connectivity index (χ3n) is 5.73. The number of rotatable bonds is 7. The van der Waals surface area contributed by atoms with E-state index in [1.54, 1.807) is 30.5 Å². The molecule has 1 fully saturated rings. The average Bonchev–Trinajstić information content (AvgIpc) is 3.18. The number of hydrogen-bond acceptors (Lipinski definition) is 5. The normalized spacial score (nSPS) is 15.2. The molecule has 0 atom stereocenters. The molecule has 0 saturated carbocycles. The molecule has 1 aromatic heterocycles. The summed E-state index contributed by atoms with van der Waals surface area (Å²) >= 11 is 0. The summed E-state index contributed by atoms with van der Waals surface area (Å²) in [4.78, 5) is 19.3. The summed E-state index contributed by atoms with van der Waals surface area (Å²) in [5.74, 6) is 2.16. The fraction of sp³-hybridized carbons (Fsp3) is 0.333. The second kappa shape index (κ2) is 9.13. The van der Waals surface area contributed by atoms with Gasteiger partial charge in [0.25, 0.3) is 0 Å². The predicted octanol–water partition coefficient (Wildman–Crippen LogP) is 3.80. The number of aromatic hydroxyl groups is 1. The third kappa shape index (κ3) is 4.89. The number of carbonyl (C=O) groups excluding carboxylic acids is 1. The maximum Gasteiger partial charge on any atom is 0.166 e.